The molecule has 0 bridgehead atoms. The molecule has 0 amide bonds. The maximum Gasteiger partial charge on any atom is 0.165 e. The molecule has 5 heteroatoms. The largest absolute Gasteiger partial charge is 0.388 e. The Morgan fingerprint density at radius 2 is 1.71 bits per heavy atom. The van der Waals surface area contributed by atoms with E-state index < -0.39 is 29.3 Å². The molecule has 0 spiro atoms. The number of aliphatic hydroxyl groups is 3. The van der Waals surface area contributed by atoms with E-state index in [9.17, 15) is 15.3 Å². The van der Waals surface area contributed by atoms with Crippen LogP contribution in [0, 0.1) is 0 Å². The first-order valence-electron chi connectivity index (χ1n) is 5.46. The highest BCUT2D eigenvalue weighted by molar-refractivity contribution is 7.81. The third-order valence-corrected chi connectivity index (χ3v) is 3.74. The van der Waals surface area contributed by atoms with Crippen molar-refractivity contribution in [3.8, 4) is 0 Å². The smallest absolute Gasteiger partial charge is 0.165 e. The Bertz CT molecular complexity index is 385. The second kappa shape index (κ2) is 4.59. The zero-order valence-electron chi connectivity index (χ0n) is 9.39. The molecular formula is C12H16O4S. The molecule has 0 radical (unpaired) electrons. The van der Waals surface area contributed by atoms with Gasteiger partial charge in [-0.1, -0.05) is 30.3 Å². The van der Waals surface area contributed by atoms with Crippen molar-refractivity contribution in [2.24, 2.45) is 0 Å². The van der Waals surface area contributed by atoms with E-state index >= 15 is 0 Å². The third-order valence-electron chi connectivity index (χ3n) is 3.11. The lowest BCUT2D eigenvalue weighted by Crippen LogP contribution is -2.59. The fraction of sp³-hybridized carbons (Fsp3) is 0.500. The summed E-state index contributed by atoms with van der Waals surface area (Å²) in [6.45, 7) is 1.63. The average molecular weight is 256 g/mol. The van der Waals surface area contributed by atoms with Crippen LogP contribution in [0.4, 0.5) is 0 Å². The molecule has 1 aliphatic rings. The van der Waals surface area contributed by atoms with Crippen molar-refractivity contribution in [3.63, 3.8) is 0 Å². The Hall–Kier alpha value is -0.590. The highest BCUT2D eigenvalue weighted by Gasteiger charge is 2.51. The van der Waals surface area contributed by atoms with Gasteiger partial charge in [-0.15, -0.1) is 12.6 Å². The highest BCUT2D eigenvalue weighted by atomic mass is 32.1. The maximum atomic E-state index is 10.0. The summed E-state index contributed by atoms with van der Waals surface area (Å²) in [5.41, 5.74) is 0.647. The molecule has 1 heterocycles. The van der Waals surface area contributed by atoms with E-state index in [4.69, 9.17) is 4.74 Å². The average Bonchev–Trinajstić information content (AvgIpc) is 2.35. The van der Waals surface area contributed by atoms with Gasteiger partial charge < -0.3 is 20.1 Å². The van der Waals surface area contributed by atoms with Crippen LogP contribution in [0.2, 0.25) is 0 Å². The van der Waals surface area contributed by atoms with E-state index in [2.05, 4.69) is 12.6 Å². The molecule has 0 aliphatic carbocycles. The topological polar surface area (TPSA) is 69.9 Å². The first-order valence-corrected chi connectivity index (χ1v) is 5.91. The molecule has 0 aromatic heterocycles. The van der Waals surface area contributed by atoms with Crippen LogP contribution < -0.4 is 0 Å². The quantitative estimate of drug-likeness (QED) is 0.544. The Morgan fingerprint density at radius 1 is 1.12 bits per heavy atom. The van der Waals surface area contributed by atoms with Gasteiger partial charge in [-0.05, 0) is 12.5 Å². The number of benzene rings is 1. The van der Waals surface area contributed by atoms with Gasteiger partial charge in [0.1, 0.15) is 18.3 Å². The number of thiol groups is 1. The summed E-state index contributed by atoms with van der Waals surface area (Å²) in [7, 11) is 0. The van der Waals surface area contributed by atoms with Crippen molar-refractivity contribution in [2.45, 2.75) is 36.3 Å². The van der Waals surface area contributed by atoms with E-state index in [1.807, 2.05) is 6.07 Å². The van der Waals surface area contributed by atoms with Crippen LogP contribution in [-0.4, -0.2) is 39.7 Å². The van der Waals surface area contributed by atoms with Crippen molar-refractivity contribution >= 4 is 12.6 Å². The predicted octanol–water partition coefficient (Wildman–Crippen LogP) is 0.271. The molecule has 1 saturated heterocycles. The predicted molar refractivity (Wildman–Crippen MR) is 65.7 cm³/mol. The lowest BCUT2D eigenvalue weighted by Gasteiger charge is -2.45. The number of aliphatic hydroxyl groups excluding tert-OH is 3. The summed E-state index contributed by atoms with van der Waals surface area (Å²) >= 11 is 4.35. The fourth-order valence-corrected chi connectivity index (χ4v) is 2.50. The second-order valence-electron chi connectivity index (χ2n) is 4.31. The summed E-state index contributed by atoms with van der Waals surface area (Å²) in [5, 5.41) is 29.4. The van der Waals surface area contributed by atoms with Crippen molar-refractivity contribution in [3.05, 3.63) is 35.9 Å². The number of ether oxygens (including phenoxy) is 1. The minimum atomic E-state index is -1.31. The molecule has 17 heavy (non-hydrogen) atoms. The molecule has 1 unspecified atom stereocenters. The number of rotatable bonds is 1. The van der Waals surface area contributed by atoms with Gasteiger partial charge in [-0.3, -0.25) is 0 Å². The molecule has 1 aromatic carbocycles. The van der Waals surface area contributed by atoms with Crippen LogP contribution in [0.1, 0.15) is 12.5 Å². The zero-order valence-corrected chi connectivity index (χ0v) is 10.3. The Labute approximate surface area is 105 Å². The standard InChI is InChI=1S/C12H16O4S/c1-7-9(13)10(14)11(15)12(17,16-7)8-5-3-2-4-6-8/h2-7,9-11,13-15,17H,1H3/t7-,9-,10+,11-,12?/m1/s1. The van der Waals surface area contributed by atoms with Gasteiger partial charge in [-0.2, -0.15) is 0 Å². The van der Waals surface area contributed by atoms with Crippen LogP contribution in [-0.2, 0) is 9.67 Å². The monoisotopic (exact) mass is 256 g/mol. The van der Waals surface area contributed by atoms with Gasteiger partial charge in [0.05, 0.1) is 6.10 Å². The SMILES string of the molecule is C[C@H]1OC(S)(c2ccccc2)[C@H](O)[C@@H](O)[C@@H]1O. The maximum absolute atomic E-state index is 10.0. The lowest BCUT2D eigenvalue weighted by molar-refractivity contribution is -0.233. The first-order chi connectivity index (χ1) is 7.97. The van der Waals surface area contributed by atoms with E-state index in [0.717, 1.165) is 0 Å². The fourth-order valence-electron chi connectivity index (χ4n) is 2.03. The summed E-state index contributed by atoms with van der Waals surface area (Å²) < 4.78 is 5.56. The van der Waals surface area contributed by atoms with Crippen molar-refractivity contribution < 1.29 is 20.1 Å². The summed E-state index contributed by atoms with van der Waals surface area (Å²) in [4.78, 5) is -1.31. The van der Waals surface area contributed by atoms with Crippen molar-refractivity contribution in [1.82, 2.24) is 0 Å². The molecule has 1 aliphatic heterocycles. The van der Waals surface area contributed by atoms with Gasteiger partial charge in [0, 0.05) is 0 Å². The molecule has 0 saturated carbocycles. The van der Waals surface area contributed by atoms with E-state index in [-0.39, 0.29) is 0 Å². The van der Waals surface area contributed by atoms with Gasteiger partial charge >= 0.3 is 0 Å². The van der Waals surface area contributed by atoms with Gasteiger partial charge in [0.15, 0.2) is 4.93 Å². The Balaban J connectivity index is 2.37. The van der Waals surface area contributed by atoms with Crippen LogP contribution in [0.5, 0.6) is 0 Å². The van der Waals surface area contributed by atoms with Crippen molar-refractivity contribution in [2.75, 3.05) is 0 Å². The zero-order chi connectivity index (χ0) is 12.6. The van der Waals surface area contributed by atoms with Crippen LogP contribution in [0.3, 0.4) is 0 Å². The first kappa shape index (κ1) is 12.9. The summed E-state index contributed by atoms with van der Waals surface area (Å²) in [5.74, 6) is 0. The Kier molecular flexibility index (Phi) is 3.47. The second-order valence-corrected chi connectivity index (χ2v) is 4.98. The summed E-state index contributed by atoms with van der Waals surface area (Å²) in [6.07, 6.45) is -4.30. The molecule has 94 valence electrons. The normalized spacial score (nSPS) is 42.4. The molecule has 3 N–H and O–H groups in total. The summed E-state index contributed by atoms with van der Waals surface area (Å²) in [6, 6.07) is 8.95. The lowest BCUT2D eigenvalue weighted by atomic mass is 9.91. The van der Waals surface area contributed by atoms with E-state index in [1.54, 1.807) is 31.2 Å². The minimum Gasteiger partial charge on any atom is -0.388 e. The van der Waals surface area contributed by atoms with Crippen LogP contribution in [0.15, 0.2) is 30.3 Å². The highest BCUT2D eigenvalue weighted by Crippen LogP contribution is 2.41. The molecule has 4 nitrogen and oxygen atoms in total. The van der Waals surface area contributed by atoms with Crippen LogP contribution >= 0.6 is 12.6 Å². The van der Waals surface area contributed by atoms with E-state index in [0.29, 0.717) is 5.56 Å². The molecule has 2 rings (SSSR count). The van der Waals surface area contributed by atoms with Gasteiger partial charge in [-0.25, -0.2) is 0 Å². The molecule has 5 atom stereocenters. The van der Waals surface area contributed by atoms with Gasteiger partial charge in [0.2, 0.25) is 0 Å². The molecule has 1 fully saturated rings. The van der Waals surface area contributed by atoms with Crippen molar-refractivity contribution in [1.29, 1.82) is 0 Å². The van der Waals surface area contributed by atoms with Crippen LogP contribution in [0.25, 0.3) is 0 Å². The van der Waals surface area contributed by atoms with E-state index in [1.165, 1.54) is 0 Å². The van der Waals surface area contributed by atoms with Gasteiger partial charge in [0.25, 0.3) is 0 Å². The number of hydrogen-bond acceptors (Lipinski definition) is 5. The Morgan fingerprint density at radius 3 is 2.29 bits per heavy atom. The third kappa shape index (κ3) is 2.09. The minimum absolute atomic E-state index is 0.605. The number of hydrogen-bond donors (Lipinski definition) is 4. The molecule has 1 aromatic rings. The molecular weight excluding hydrogens is 240 g/mol.